The third-order valence-corrected chi connectivity index (χ3v) is 5.20. The van der Waals surface area contributed by atoms with Gasteiger partial charge in [0.2, 0.25) is 5.88 Å². The Morgan fingerprint density at radius 1 is 1.40 bits per heavy atom. The number of carbonyl (C=O) groups excluding carboxylic acids is 1. The normalized spacial score (nSPS) is 22.2. The molecule has 1 heterocycles. The van der Waals surface area contributed by atoms with Crippen LogP contribution in [0.3, 0.4) is 0 Å². The number of halogens is 1. The summed E-state index contributed by atoms with van der Waals surface area (Å²) in [7, 11) is 1.58. The molecule has 1 aromatic carbocycles. The molecule has 2 aliphatic rings. The number of ether oxygens (including phenoxy) is 2. The molecule has 1 aliphatic heterocycles. The van der Waals surface area contributed by atoms with Gasteiger partial charge in [-0.05, 0) is 39.0 Å². The van der Waals surface area contributed by atoms with Crippen molar-refractivity contribution in [2.75, 3.05) is 7.11 Å². The highest BCUT2D eigenvalue weighted by Gasteiger charge is 2.43. The van der Waals surface area contributed by atoms with Gasteiger partial charge in [-0.15, -0.1) is 0 Å². The minimum atomic E-state index is -0.514. The number of carbonyl (C=O) groups is 1. The minimum Gasteiger partial charge on any atom is -0.496 e. The summed E-state index contributed by atoms with van der Waals surface area (Å²) < 4.78 is 11.7. The van der Waals surface area contributed by atoms with Crippen molar-refractivity contribution >= 4 is 21.7 Å². The molecule has 1 atom stereocenters. The number of allylic oxidation sites excluding steroid dienone is 3. The van der Waals surface area contributed by atoms with E-state index in [1.807, 2.05) is 26.0 Å². The Balaban J connectivity index is 2.18. The van der Waals surface area contributed by atoms with E-state index in [1.54, 1.807) is 13.2 Å². The number of hydrogen-bond acceptors (Lipinski definition) is 5. The van der Waals surface area contributed by atoms with Gasteiger partial charge >= 0.3 is 0 Å². The van der Waals surface area contributed by atoms with E-state index in [-0.39, 0.29) is 22.7 Å². The van der Waals surface area contributed by atoms with Gasteiger partial charge in [-0.1, -0.05) is 19.9 Å². The van der Waals surface area contributed by atoms with Crippen molar-refractivity contribution in [2.24, 2.45) is 11.1 Å². The zero-order chi connectivity index (χ0) is 18.4. The molecule has 6 heteroatoms. The number of nitriles is 1. The molecule has 0 saturated carbocycles. The molecule has 0 spiro atoms. The van der Waals surface area contributed by atoms with Crippen LogP contribution in [0.5, 0.6) is 5.75 Å². The topological polar surface area (TPSA) is 85.3 Å². The van der Waals surface area contributed by atoms with E-state index >= 15 is 0 Å². The van der Waals surface area contributed by atoms with Gasteiger partial charge in [0, 0.05) is 18.4 Å². The number of benzene rings is 1. The second kappa shape index (κ2) is 6.23. The number of ketones is 1. The van der Waals surface area contributed by atoms with Gasteiger partial charge in [0.15, 0.2) is 5.78 Å². The molecule has 1 unspecified atom stereocenters. The van der Waals surface area contributed by atoms with E-state index in [1.165, 1.54) is 0 Å². The van der Waals surface area contributed by atoms with Crippen LogP contribution in [0, 0.1) is 16.7 Å². The van der Waals surface area contributed by atoms with Crippen molar-refractivity contribution in [3.8, 4) is 11.8 Å². The SMILES string of the molecule is COc1ccc(C2C(C#N)=C(N)OC3=C2C(=O)CC(C)(C)C3)cc1Br. The summed E-state index contributed by atoms with van der Waals surface area (Å²) in [5, 5.41) is 9.60. The fourth-order valence-electron chi connectivity index (χ4n) is 3.48. The van der Waals surface area contributed by atoms with Crippen LogP contribution in [0.2, 0.25) is 0 Å². The van der Waals surface area contributed by atoms with Crippen molar-refractivity contribution in [3.63, 3.8) is 0 Å². The molecule has 5 nitrogen and oxygen atoms in total. The molecule has 0 bridgehead atoms. The molecule has 130 valence electrons. The molecule has 0 amide bonds. The number of methoxy groups -OCH3 is 1. The quantitative estimate of drug-likeness (QED) is 0.810. The van der Waals surface area contributed by atoms with E-state index in [0.717, 1.165) is 10.0 Å². The molecular formula is C19H19BrN2O3. The van der Waals surface area contributed by atoms with Crippen molar-refractivity contribution in [3.05, 3.63) is 51.0 Å². The summed E-state index contributed by atoms with van der Waals surface area (Å²) in [4.78, 5) is 12.9. The monoisotopic (exact) mass is 402 g/mol. The van der Waals surface area contributed by atoms with Crippen LogP contribution in [-0.4, -0.2) is 12.9 Å². The molecule has 0 fully saturated rings. The summed E-state index contributed by atoms with van der Waals surface area (Å²) in [5.41, 5.74) is 7.43. The molecule has 3 rings (SSSR count). The maximum atomic E-state index is 12.9. The van der Waals surface area contributed by atoms with Gasteiger partial charge in [0.1, 0.15) is 23.2 Å². The predicted molar refractivity (Wildman–Crippen MR) is 96.4 cm³/mol. The number of rotatable bonds is 2. The molecule has 2 N–H and O–H groups in total. The Kier molecular flexibility index (Phi) is 4.38. The van der Waals surface area contributed by atoms with E-state index in [0.29, 0.717) is 29.9 Å². The zero-order valence-corrected chi connectivity index (χ0v) is 15.9. The van der Waals surface area contributed by atoms with E-state index in [2.05, 4.69) is 22.0 Å². The van der Waals surface area contributed by atoms with E-state index in [9.17, 15) is 10.1 Å². The van der Waals surface area contributed by atoms with Gasteiger partial charge in [0.05, 0.1) is 17.5 Å². The molecular weight excluding hydrogens is 384 g/mol. The first kappa shape index (κ1) is 17.6. The van der Waals surface area contributed by atoms with E-state index in [4.69, 9.17) is 15.2 Å². The summed E-state index contributed by atoms with van der Waals surface area (Å²) in [6.45, 7) is 4.05. The lowest BCUT2D eigenvalue weighted by Gasteiger charge is -2.37. The summed E-state index contributed by atoms with van der Waals surface area (Å²) in [6, 6.07) is 7.63. The third-order valence-electron chi connectivity index (χ3n) is 4.58. The van der Waals surface area contributed by atoms with Gasteiger partial charge in [-0.25, -0.2) is 0 Å². The number of Topliss-reactive ketones (excluding diaryl/α,β-unsaturated/α-hetero) is 1. The summed E-state index contributed by atoms with van der Waals surface area (Å²) >= 11 is 3.46. The third kappa shape index (κ3) is 3.05. The van der Waals surface area contributed by atoms with Crippen molar-refractivity contribution in [2.45, 2.75) is 32.6 Å². The minimum absolute atomic E-state index is 0.00319. The molecule has 25 heavy (non-hydrogen) atoms. The number of hydrogen-bond donors (Lipinski definition) is 1. The van der Waals surface area contributed by atoms with Crippen LogP contribution in [-0.2, 0) is 9.53 Å². The van der Waals surface area contributed by atoms with Crippen LogP contribution in [0.25, 0.3) is 0 Å². The highest BCUT2D eigenvalue weighted by Crippen LogP contribution is 2.48. The van der Waals surface area contributed by atoms with Crippen LogP contribution >= 0.6 is 15.9 Å². The average Bonchev–Trinajstić information content (AvgIpc) is 2.52. The molecule has 1 aliphatic carbocycles. The maximum Gasteiger partial charge on any atom is 0.205 e. The molecule has 0 saturated heterocycles. The lowest BCUT2D eigenvalue weighted by Crippen LogP contribution is -2.33. The largest absolute Gasteiger partial charge is 0.496 e. The smallest absolute Gasteiger partial charge is 0.205 e. The Bertz CT molecular complexity index is 862. The van der Waals surface area contributed by atoms with Gasteiger partial charge in [-0.3, -0.25) is 4.79 Å². The molecule has 0 radical (unpaired) electrons. The second-order valence-electron chi connectivity index (χ2n) is 7.10. The van der Waals surface area contributed by atoms with Gasteiger partial charge in [-0.2, -0.15) is 5.26 Å². The number of nitrogens with two attached hydrogens (primary N) is 1. The van der Waals surface area contributed by atoms with Crippen LogP contribution in [0.4, 0.5) is 0 Å². The Labute approximate surface area is 155 Å². The van der Waals surface area contributed by atoms with Gasteiger partial charge in [0.25, 0.3) is 0 Å². The fraction of sp³-hybridized carbons (Fsp3) is 0.368. The first-order valence-corrected chi connectivity index (χ1v) is 8.74. The molecule has 0 aromatic heterocycles. The standard InChI is InChI=1S/C19H19BrN2O3/c1-19(2)7-13(23)17-15(8-19)25-18(22)11(9-21)16(17)10-4-5-14(24-3)12(20)6-10/h4-6,16H,7-8,22H2,1-3H3. The summed E-state index contributed by atoms with van der Waals surface area (Å²) in [6.07, 6.45) is 1.03. The van der Waals surface area contributed by atoms with Crippen LogP contribution < -0.4 is 10.5 Å². The Morgan fingerprint density at radius 2 is 2.12 bits per heavy atom. The average molecular weight is 403 g/mol. The second-order valence-corrected chi connectivity index (χ2v) is 7.95. The Morgan fingerprint density at radius 3 is 2.72 bits per heavy atom. The van der Waals surface area contributed by atoms with Crippen LogP contribution in [0.1, 0.15) is 38.2 Å². The maximum absolute atomic E-state index is 12.9. The highest BCUT2D eigenvalue weighted by atomic mass is 79.9. The van der Waals surface area contributed by atoms with Gasteiger partial charge < -0.3 is 15.2 Å². The lowest BCUT2D eigenvalue weighted by atomic mass is 9.70. The predicted octanol–water partition coefficient (Wildman–Crippen LogP) is 3.91. The first-order valence-electron chi connectivity index (χ1n) is 7.94. The van der Waals surface area contributed by atoms with Crippen molar-refractivity contribution in [1.82, 2.24) is 0 Å². The summed E-state index contributed by atoms with van der Waals surface area (Å²) in [5.74, 6) is 0.818. The first-order chi connectivity index (χ1) is 11.8. The Hall–Kier alpha value is -2.26. The van der Waals surface area contributed by atoms with E-state index < -0.39 is 5.92 Å². The fourth-order valence-corrected chi connectivity index (χ4v) is 4.04. The number of nitrogens with zero attached hydrogens (tertiary/aromatic N) is 1. The lowest BCUT2D eigenvalue weighted by molar-refractivity contribution is -0.119. The van der Waals surface area contributed by atoms with Crippen molar-refractivity contribution in [1.29, 1.82) is 5.26 Å². The highest BCUT2D eigenvalue weighted by molar-refractivity contribution is 9.10. The zero-order valence-electron chi connectivity index (χ0n) is 14.4. The van der Waals surface area contributed by atoms with Crippen molar-refractivity contribution < 1.29 is 14.3 Å². The van der Waals surface area contributed by atoms with Crippen LogP contribution in [0.15, 0.2) is 45.5 Å². The molecule has 1 aromatic rings.